The van der Waals surface area contributed by atoms with Gasteiger partial charge >= 0.3 is 0 Å². The van der Waals surface area contributed by atoms with Gasteiger partial charge in [-0.15, -0.1) is 0 Å². The molecule has 0 amide bonds. The number of benzene rings is 1. The van der Waals surface area contributed by atoms with Crippen molar-refractivity contribution in [2.24, 2.45) is 0 Å². The first-order chi connectivity index (χ1) is 19.3. The van der Waals surface area contributed by atoms with Gasteiger partial charge in [0.15, 0.2) is 0 Å². The minimum Gasteiger partial charge on any atom is -0.354 e. The molecular weight excluding hydrogens is 510 g/mol. The van der Waals surface area contributed by atoms with E-state index in [0.29, 0.717) is 25.3 Å². The molecule has 3 aromatic heterocycles. The molecule has 2 N–H and O–H groups in total. The highest BCUT2D eigenvalue weighted by molar-refractivity contribution is 5.95. The third-order valence-electron chi connectivity index (χ3n) is 7.84. The number of aromatic amines is 1. The molecule has 0 saturated carbocycles. The first-order valence-corrected chi connectivity index (χ1v) is 13.7. The number of nitrogens with zero attached hydrogens (tertiary/aromatic N) is 6. The second-order valence-corrected chi connectivity index (χ2v) is 10.8. The second-order valence-electron chi connectivity index (χ2n) is 10.8. The molecule has 6 rings (SSSR count). The number of hydrogen-bond acceptors (Lipinski definition) is 7. The van der Waals surface area contributed by atoms with E-state index >= 15 is 0 Å². The lowest BCUT2D eigenvalue weighted by atomic mass is 10.0. The van der Waals surface area contributed by atoms with E-state index in [9.17, 15) is 8.78 Å². The predicted molar refractivity (Wildman–Crippen MR) is 155 cm³/mol. The third kappa shape index (κ3) is 5.83. The number of likely N-dealkylation sites (N-methyl/N-ethyl adjacent to an activating group) is 1. The molecule has 208 valence electrons. The lowest BCUT2D eigenvalue weighted by Gasteiger charge is -2.33. The van der Waals surface area contributed by atoms with Gasteiger partial charge in [0, 0.05) is 82.0 Å². The summed E-state index contributed by atoms with van der Waals surface area (Å²) in [4.78, 5) is 15.8. The molecular formula is C30H34F2N8. The average molecular weight is 545 g/mol. The van der Waals surface area contributed by atoms with Crippen LogP contribution in [-0.2, 0) is 6.54 Å². The number of piperidine rings is 1. The number of aromatic nitrogens is 4. The average Bonchev–Trinajstić information content (AvgIpc) is 3.39. The molecule has 0 unspecified atom stereocenters. The van der Waals surface area contributed by atoms with Crippen molar-refractivity contribution in [2.45, 2.75) is 25.3 Å². The number of rotatable bonds is 7. The Kier molecular flexibility index (Phi) is 7.20. The quantitative estimate of drug-likeness (QED) is 0.336. The zero-order chi connectivity index (χ0) is 27.7. The number of halogens is 2. The Morgan fingerprint density at radius 1 is 0.975 bits per heavy atom. The van der Waals surface area contributed by atoms with Crippen molar-refractivity contribution in [3.63, 3.8) is 0 Å². The summed E-state index contributed by atoms with van der Waals surface area (Å²) in [7, 11) is 2.14. The van der Waals surface area contributed by atoms with Crippen LogP contribution < -0.4 is 10.2 Å². The fourth-order valence-electron chi connectivity index (χ4n) is 5.37. The lowest BCUT2D eigenvalue weighted by molar-refractivity contribution is -0.0566. The van der Waals surface area contributed by atoms with Crippen LogP contribution in [0.5, 0.6) is 0 Å². The summed E-state index contributed by atoms with van der Waals surface area (Å²) in [5, 5.41) is 11.9. The van der Waals surface area contributed by atoms with Crippen molar-refractivity contribution in [1.29, 1.82) is 0 Å². The van der Waals surface area contributed by atoms with Gasteiger partial charge in [-0.25, -0.2) is 13.8 Å². The maximum absolute atomic E-state index is 13.5. The van der Waals surface area contributed by atoms with Crippen molar-refractivity contribution in [3.05, 3.63) is 72.8 Å². The van der Waals surface area contributed by atoms with Crippen LogP contribution >= 0.6 is 0 Å². The minimum absolute atomic E-state index is 0.0888. The Morgan fingerprint density at radius 2 is 1.77 bits per heavy atom. The number of nitrogens with one attached hydrogen (secondary N) is 2. The van der Waals surface area contributed by atoms with Crippen LogP contribution in [0, 0.1) is 0 Å². The van der Waals surface area contributed by atoms with Gasteiger partial charge in [0.2, 0.25) is 0 Å². The Bertz CT molecular complexity index is 1480. The molecule has 2 saturated heterocycles. The van der Waals surface area contributed by atoms with E-state index in [0.717, 1.165) is 71.0 Å². The summed E-state index contributed by atoms with van der Waals surface area (Å²) in [6.45, 7) is 9.66. The molecule has 0 radical (unpaired) electrons. The highest BCUT2D eigenvalue weighted by Crippen LogP contribution is 2.31. The first-order valence-electron chi connectivity index (χ1n) is 13.7. The zero-order valence-electron chi connectivity index (χ0n) is 22.7. The molecule has 0 bridgehead atoms. The SMILES string of the molecule is C=C(Nc1ccc(N2CCN(C)CC2)nc1)c1n[nH]c2ccc(-c3cncc(CN4CCC(F)(F)CC4)c3)cc12. The van der Waals surface area contributed by atoms with E-state index in [-0.39, 0.29) is 12.8 Å². The van der Waals surface area contributed by atoms with E-state index in [2.05, 4.69) is 65.9 Å². The van der Waals surface area contributed by atoms with Gasteiger partial charge in [-0.2, -0.15) is 5.10 Å². The number of anilines is 2. The maximum atomic E-state index is 13.5. The number of H-pyrrole nitrogens is 1. The highest BCUT2D eigenvalue weighted by atomic mass is 19.3. The normalized spacial score (nSPS) is 18.2. The van der Waals surface area contributed by atoms with Crippen molar-refractivity contribution >= 4 is 28.1 Å². The molecule has 4 aromatic rings. The van der Waals surface area contributed by atoms with Gasteiger partial charge in [0.25, 0.3) is 5.92 Å². The molecule has 2 aliphatic rings. The van der Waals surface area contributed by atoms with E-state index in [1.807, 2.05) is 42.9 Å². The molecule has 0 aliphatic carbocycles. The van der Waals surface area contributed by atoms with E-state index < -0.39 is 5.92 Å². The van der Waals surface area contributed by atoms with Gasteiger partial charge in [-0.1, -0.05) is 12.6 Å². The van der Waals surface area contributed by atoms with Crippen LogP contribution in [0.1, 0.15) is 24.1 Å². The van der Waals surface area contributed by atoms with Crippen LogP contribution in [0.4, 0.5) is 20.3 Å². The van der Waals surface area contributed by atoms with E-state index in [1.54, 1.807) is 0 Å². The van der Waals surface area contributed by atoms with E-state index in [1.165, 1.54) is 0 Å². The summed E-state index contributed by atoms with van der Waals surface area (Å²) in [5.74, 6) is -1.56. The molecule has 40 heavy (non-hydrogen) atoms. The van der Waals surface area contributed by atoms with E-state index in [4.69, 9.17) is 0 Å². The predicted octanol–water partition coefficient (Wildman–Crippen LogP) is 5.09. The van der Waals surface area contributed by atoms with Crippen LogP contribution in [0.15, 0.2) is 61.6 Å². The van der Waals surface area contributed by atoms with Crippen LogP contribution in [0.25, 0.3) is 27.7 Å². The molecule has 2 aliphatic heterocycles. The smallest absolute Gasteiger partial charge is 0.250 e. The minimum atomic E-state index is -2.54. The molecule has 1 aromatic carbocycles. The first kappa shape index (κ1) is 26.3. The summed E-state index contributed by atoms with van der Waals surface area (Å²) >= 11 is 0. The van der Waals surface area contributed by atoms with Crippen molar-refractivity contribution in [1.82, 2.24) is 30.0 Å². The van der Waals surface area contributed by atoms with Gasteiger partial charge in [0.1, 0.15) is 11.5 Å². The molecule has 8 nitrogen and oxygen atoms in total. The molecule has 0 atom stereocenters. The number of pyridine rings is 2. The molecule has 0 spiro atoms. The monoisotopic (exact) mass is 544 g/mol. The Morgan fingerprint density at radius 3 is 2.52 bits per heavy atom. The largest absolute Gasteiger partial charge is 0.354 e. The topological polar surface area (TPSA) is 76.2 Å². The van der Waals surface area contributed by atoms with Crippen molar-refractivity contribution < 1.29 is 8.78 Å². The van der Waals surface area contributed by atoms with Crippen LogP contribution in [0.2, 0.25) is 0 Å². The van der Waals surface area contributed by atoms with Crippen LogP contribution in [0.3, 0.4) is 0 Å². The van der Waals surface area contributed by atoms with Gasteiger partial charge in [-0.05, 0) is 48.5 Å². The number of likely N-dealkylation sites (tertiary alicyclic amines) is 1. The van der Waals surface area contributed by atoms with Gasteiger partial charge in [0.05, 0.1) is 23.1 Å². The van der Waals surface area contributed by atoms with Crippen molar-refractivity contribution in [3.8, 4) is 11.1 Å². The Hall–Kier alpha value is -3.89. The highest BCUT2D eigenvalue weighted by Gasteiger charge is 2.33. The summed E-state index contributed by atoms with van der Waals surface area (Å²) in [5.41, 5.74) is 6.14. The Labute approximate surface area is 232 Å². The number of piperazine rings is 1. The fraction of sp³-hybridized carbons (Fsp3) is 0.367. The Balaban J connectivity index is 1.16. The zero-order valence-corrected chi connectivity index (χ0v) is 22.7. The fourth-order valence-corrected chi connectivity index (χ4v) is 5.37. The summed E-state index contributed by atoms with van der Waals surface area (Å²) in [6, 6.07) is 12.3. The van der Waals surface area contributed by atoms with Crippen molar-refractivity contribution in [2.75, 3.05) is 56.5 Å². The molecule has 5 heterocycles. The molecule has 10 heteroatoms. The van der Waals surface area contributed by atoms with Crippen LogP contribution in [-0.4, -0.2) is 82.2 Å². The molecule has 2 fully saturated rings. The summed E-state index contributed by atoms with van der Waals surface area (Å²) in [6.07, 6.45) is 5.30. The number of fused-ring (bicyclic) bond motifs is 1. The maximum Gasteiger partial charge on any atom is 0.250 e. The summed E-state index contributed by atoms with van der Waals surface area (Å²) < 4.78 is 27.1. The lowest BCUT2D eigenvalue weighted by Crippen LogP contribution is -2.44. The van der Waals surface area contributed by atoms with Gasteiger partial charge < -0.3 is 15.1 Å². The third-order valence-corrected chi connectivity index (χ3v) is 7.84. The van der Waals surface area contributed by atoms with Gasteiger partial charge in [-0.3, -0.25) is 15.0 Å². The standard InChI is InChI=1S/C30H34F2N8/c1-21(35-25-4-6-28(34-19-25)40-13-11-38(2)12-14-40)29-26-16-23(3-5-27(26)36-37-29)24-15-22(17-33-18-24)20-39-9-7-30(31,32)8-10-39/h3-6,15-19,35H,1,7-14,20H2,2H3,(H,36,37). The second kappa shape index (κ2) is 10.9. The number of alkyl halides is 2. The number of hydrogen-bond donors (Lipinski definition) is 2.